The van der Waals surface area contributed by atoms with Crippen LogP contribution in [-0.4, -0.2) is 12.3 Å². The second kappa shape index (κ2) is 4.95. The van der Waals surface area contributed by atoms with Crippen LogP contribution in [0.5, 0.6) is 0 Å². The van der Waals surface area contributed by atoms with Gasteiger partial charge in [-0.25, -0.2) is 0 Å². The molecule has 0 spiro atoms. The van der Waals surface area contributed by atoms with E-state index in [-0.39, 0.29) is 17.9 Å². The average molecular weight is 186 g/mol. The predicted molar refractivity (Wildman–Crippen MR) is 54.1 cm³/mol. The molecule has 0 saturated carbocycles. The van der Waals surface area contributed by atoms with E-state index in [1.165, 1.54) is 6.08 Å². The predicted octanol–water partition coefficient (Wildman–Crippen LogP) is 1.12. The summed E-state index contributed by atoms with van der Waals surface area (Å²) in [6.07, 6.45) is 1.54. The summed E-state index contributed by atoms with van der Waals surface area (Å²) in [5.74, 6) is -0.337. The van der Waals surface area contributed by atoms with Crippen molar-refractivity contribution in [2.45, 2.75) is 0 Å². The van der Waals surface area contributed by atoms with Crippen molar-refractivity contribution in [1.82, 2.24) is 0 Å². The molecule has 3 heteroatoms. The van der Waals surface area contributed by atoms with Gasteiger partial charge >= 0.3 is 0 Å². The van der Waals surface area contributed by atoms with E-state index < -0.39 is 0 Å². The fourth-order valence-corrected chi connectivity index (χ4v) is 1.00. The topological polar surface area (TPSA) is 66.9 Å². The zero-order valence-corrected chi connectivity index (χ0v) is 7.60. The number of carbonyl (C=O) groups is 1. The fourth-order valence-electron chi connectivity index (χ4n) is 1.00. The lowest BCUT2D eigenvalue weighted by Gasteiger charge is -1.95. The largest absolute Gasteiger partial charge is 0.324 e. The van der Waals surface area contributed by atoms with Gasteiger partial charge in [0.15, 0.2) is 5.78 Å². The molecule has 0 radical (unpaired) electrons. The molecule has 14 heavy (non-hydrogen) atoms. The third-order valence-electron chi connectivity index (χ3n) is 1.72. The Morgan fingerprint density at radius 3 is 2.57 bits per heavy atom. The van der Waals surface area contributed by atoms with Crippen molar-refractivity contribution >= 4 is 11.9 Å². The Morgan fingerprint density at radius 1 is 1.43 bits per heavy atom. The van der Waals surface area contributed by atoms with Crippen LogP contribution in [0.15, 0.2) is 35.9 Å². The Hall–Kier alpha value is -1.92. The number of ketones is 1. The highest BCUT2D eigenvalue weighted by molar-refractivity contribution is 6.04. The molecule has 70 valence electrons. The molecule has 3 nitrogen and oxygen atoms in total. The number of benzene rings is 1. The lowest BCUT2D eigenvalue weighted by Crippen LogP contribution is -2.14. The lowest BCUT2D eigenvalue weighted by molar-refractivity contribution is -0.113. The summed E-state index contributed by atoms with van der Waals surface area (Å²) in [5, 5.41) is 8.69. The number of carbonyl (C=O) groups excluding carboxylic acids is 1. The normalized spacial score (nSPS) is 10.7. The zero-order chi connectivity index (χ0) is 10.4. The van der Waals surface area contributed by atoms with Crippen molar-refractivity contribution in [2.24, 2.45) is 5.73 Å². The van der Waals surface area contributed by atoms with Crippen molar-refractivity contribution in [3.05, 3.63) is 41.5 Å². The molecule has 0 fully saturated rings. The molecule has 2 N–H and O–H groups in total. The smallest absolute Gasteiger partial charge is 0.186 e. The molecule has 0 atom stereocenters. The summed E-state index contributed by atoms with van der Waals surface area (Å²) in [6.45, 7) is -0.133. The third-order valence-corrected chi connectivity index (χ3v) is 1.72. The Bertz CT molecular complexity index is 387. The van der Waals surface area contributed by atoms with E-state index >= 15 is 0 Å². The van der Waals surface area contributed by atoms with Crippen LogP contribution >= 0.6 is 0 Å². The van der Waals surface area contributed by atoms with Crippen LogP contribution in [0.2, 0.25) is 0 Å². The molecule has 0 aliphatic rings. The highest BCUT2D eigenvalue weighted by Crippen LogP contribution is 2.06. The second-order valence-corrected chi connectivity index (χ2v) is 2.71. The summed E-state index contributed by atoms with van der Waals surface area (Å²) in [4.78, 5) is 11.1. The summed E-state index contributed by atoms with van der Waals surface area (Å²) >= 11 is 0. The van der Waals surface area contributed by atoms with Gasteiger partial charge in [-0.15, -0.1) is 0 Å². The molecular weight excluding hydrogens is 176 g/mol. The number of rotatable bonds is 3. The van der Waals surface area contributed by atoms with Crippen LogP contribution in [0.25, 0.3) is 6.08 Å². The van der Waals surface area contributed by atoms with Gasteiger partial charge in [0.05, 0.1) is 12.1 Å². The molecule has 0 heterocycles. The number of hydrogen-bond donors (Lipinski definition) is 1. The van der Waals surface area contributed by atoms with E-state index in [2.05, 4.69) is 0 Å². The van der Waals surface area contributed by atoms with Crippen LogP contribution in [0.3, 0.4) is 0 Å². The van der Waals surface area contributed by atoms with Crippen molar-refractivity contribution in [3.8, 4) is 6.07 Å². The molecule has 1 aromatic carbocycles. The average Bonchev–Trinajstić information content (AvgIpc) is 2.26. The van der Waals surface area contributed by atoms with Crippen LogP contribution in [0, 0.1) is 11.3 Å². The van der Waals surface area contributed by atoms with E-state index in [1.807, 2.05) is 36.4 Å². The Balaban J connectivity index is 2.97. The van der Waals surface area contributed by atoms with Crippen molar-refractivity contribution in [3.63, 3.8) is 0 Å². The van der Waals surface area contributed by atoms with Gasteiger partial charge in [0.2, 0.25) is 0 Å². The van der Waals surface area contributed by atoms with Crippen LogP contribution in [0.4, 0.5) is 0 Å². The Labute approximate surface area is 82.5 Å². The molecular formula is C11H10N2O. The van der Waals surface area contributed by atoms with Crippen LogP contribution in [0.1, 0.15) is 5.56 Å². The summed E-state index contributed by atoms with van der Waals surface area (Å²) in [7, 11) is 0. The van der Waals surface area contributed by atoms with Gasteiger partial charge in [-0.1, -0.05) is 30.3 Å². The molecule has 1 aromatic rings. The maximum atomic E-state index is 11.1. The standard InChI is InChI=1S/C11H10N2O/c12-7-10(11(14)8-13)6-9-4-2-1-3-5-9/h1-6H,8,13H2. The fraction of sp³-hybridized carbons (Fsp3) is 0.0909. The van der Waals surface area contributed by atoms with Gasteiger partial charge in [0, 0.05) is 0 Å². The van der Waals surface area contributed by atoms with E-state index in [4.69, 9.17) is 11.0 Å². The first-order valence-corrected chi connectivity index (χ1v) is 4.18. The molecule has 0 saturated heterocycles. The lowest BCUT2D eigenvalue weighted by atomic mass is 10.1. The molecule has 1 rings (SSSR count). The van der Waals surface area contributed by atoms with Gasteiger partial charge in [-0.2, -0.15) is 5.26 Å². The van der Waals surface area contributed by atoms with Gasteiger partial charge in [-0.3, -0.25) is 4.79 Å². The molecule has 0 amide bonds. The van der Waals surface area contributed by atoms with Crippen LogP contribution in [-0.2, 0) is 4.79 Å². The van der Waals surface area contributed by atoms with Crippen molar-refractivity contribution in [2.75, 3.05) is 6.54 Å². The number of nitrogens with two attached hydrogens (primary N) is 1. The van der Waals surface area contributed by atoms with E-state index in [0.717, 1.165) is 5.56 Å². The highest BCUT2D eigenvalue weighted by atomic mass is 16.1. The van der Waals surface area contributed by atoms with E-state index in [9.17, 15) is 4.79 Å². The molecule has 0 aliphatic heterocycles. The first-order chi connectivity index (χ1) is 6.77. The van der Waals surface area contributed by atoms with Gasteiger partial charge in [0.1, 0.15) is 6.07 Å². The highest BCUT2D eigenvalue weighted by Gasteiger charge is 2.05. The zero-order valence-electron chi connectivity index (χ0n) is 7.60. The number of nitrogens with zero attached hydrogens (tertiary/aromatic N) is 1. The number of hydrogen-bond acceptors (Lipinski definition) is 3. The first-order valence-electron chi connectivity index (χ1n) is 4.18. The van der Waals surface area contributed by atoms with Crippen LogP contribution < -0.4 is 5.73 Å². The van der Waals surface area contributed by atoms with Crippen molar-refractivity contribution < 1.29 is 4.79 Å². The third kappa shape index (κ3) is 2.54. The first kappa shape index (κ1) is 10.2. The maximum Gasteiger partial charge on any atom is 0.186 e. The monoisotopic (exact) mass is 186 g/mol. The second-order valence-electron chi connectivity index (χ2n) is 2.71. The molecule has 0 aromatic heterocycles. The number of Topliss-reactive ketones (excluding diaryl/α,β-unsaturated/α-hetero) is 1. The Morgan fingerprint density at radius 2 is 2.07 bits per heavy atom. The minimum Gasteiger partial charge on any atom is -0.324 e. The number of nitriles is 1. The molecule has 0 aliphatic carbocycles. The minimum atomic E-state index is -0.337. The van der Waals surface area contributed by atoms with Crippen molar-refractivity contribution in [1.29, 1.82) is 5.26 Å². The van der Waals surface area contributed by atoms with E-state index in [0.29, 0.717) is 0 Å². The molecule has 0 bridgehead atoms. The minimum absolute atomic E-state index is 0.0960. The van der Waals surface area contributed by atoms with Gasteiger partial charge < -0.3 is 5.73 Å². The van der Waals surface area contributed by atoms with E-state index in [1.54, 1.807) is 0 Å². The van der Waals surface area contributed by atoms with Gasteiger partial charge in [-0.05, 0) is 11.6 Å². The SMILES string of the molecule is N#CC(=Cc1ccccc1)C(=O)CN. The summed E-state index contributed by atoms with van der Waals surface area (Å²) in [5.41, 5.74) is 6.08. The summed E-state index contributed by atoms with van der Waals surface area (Å²) < 4.78 is 0. The maximum absolute atomic E-state index is 11.1. The Kier molecular flexibility index (Phi) is 3.59. The quantitative estimate of drug-likeness (QED) is 0.568. The summed E-state index contributed by atoms with van der Waals surface area (Å²) in [6, 6.07) is 11.0. The van der Waals surface area contributed by atoms with Gasteiger partial charge in [0.25, 0.3) is 0 Å². The molecule has 0 unspecified atom stereocenters.